The van der Waals surface area contributed by atoms with E-state index in [9.17, 15) is 31.5 Å². The Kier molecular flexibility index (Phi) is 6.77. The molecule has 11 nitrogen and oxygen atoms in total. The first-order valence-electron chi connectivity index (χ1n) is 13.1. The van der Waals surface area contributed by atoms with E-state index in [1.807, 2.05) is 19.1 Å². The fourth-order valence-electron chi connectivity index (χ4n) is 6.07. The van der Waals surface area contributed by atoms with Crippen molar-refractivity contribution in [3.63, 3.8) is 0 Å². The average molecular weight is 622 g/mol. The number of carbonyl (C=O) groups is 1. The van der Waals surface area contributed by atoms with Gasteiger partial charge in [0.15, 0.2) is 15.5 Å². The number of amides is 1. The number of nitrogens with two attached hydrogens (primary N) is 1. The summed E-state index contributed by atoms with van der Waals surface area (Å²) < 4.78 is 66.5. The number of rotatable bonds is 5. The molecule has 42 heavy (non-hydrogen) atoms. The van der Waals surface area contributed by atoms with Crippen LogP contribution in [0.15, 0.2) is 35.6 Å². The zero-order chi connectivity index (χ0) is 30.1. The smallest absolute Gasteiger partial charge is 0.382 e. The number of nitrogen functional groups attached to an aromatic ring is 1. The second-order valence-corrected chi connectivity index (χ2v) is 13.9. The van der Waals surface area contributed by atoms with Gasteiger partial charge >= 0.3 is 6.18 Å². The molecule has 16 heteroatoms. The van der Waals surface area contributed by atoms with Crippen molar-refractivity contribution in [1.29, 1.82) is 0 Å². The van der Waals surface area contributed by atoms with Crippen molar-refractivity contribution in [3.05, 3.63) is 41.3 Å². The number of hydrogen-bond donors (Lipinski definition) is 2. The molecule has 0 saturated carbocycles. The number of thiazole rings is 1. The quantitative estimate of drug-likeness (QED) is 0.341. The third-order valence-corrected chi connectivity index (χ3v) is 9.96. The Hall–Kier alpha value is -3.63. The highest BCUT2D eigenvalue weighted by molar-refractivity contribution is 7.91. The zero-order valence-electron chi connectivity index (χ0n) is 22.4. The predicted molar refractivity (Wildman–Crippen MR) is 147 cm³/mol. The summed E-state index contributed by atoms with van der Waals surface area (Å²) in [5, 5.41) is 14.7. The van der Waals surface area contributed by atoms with Gasteiger partial charge in [-0.05, 0) is 38.7 Å². The standard InChI is InChI=1S/C26H26F3N7O4S2/c1-12-9-32-24(41-12)18-6-3-13(10-31-18)17-11-33-36-22(30)20(42(2,39)40)19(34-23(17)36)14-7-15-4-5-16(8-14)35(15)25(38)21(37)26(27,28)29/h3,6,9-11,14-16,21,37H,4-5,7-8,30H2,1-2H3/t14-,15-,16+,21?. The van der Waals surface area contributed by atoms with Gasteiger partial charge in [-0.1, -0.05) is 6.07 Å². The average Bonchev–Trinajstić information content (AvgIpc) is 3.62. The summed E-state index contributed by atoms with van der Waals surface area (Å²) in [6.07, 6.45) is -1.06. The first-order valence-corrected chi connectivity index (χ1v) is 15.8. The molecule has 4 aromatic heterocycles. The van der Waals surface area contributed by atoms with E-state index in [1.54, 1.807) is 12.4 Å². The van der Waals surface area contributed by atoms with Gasteiger partial charge in [-0.15, -0.1) is 11.3 Å². The van der Waals surface area contributed by atoms with Crippen LogP contribution in [0.4, 0.5) is 19.0 Å². The van der Waals surface area contributed by atoms with Crippen LogP contribution in [-0.4, -0.2) is 79.5 Å². The minimum absolute atomic E-state index is 0.134. The number of nitrogens with zero attached hydrogens (tertiary/aromatic N) is 6. The number of alkyl halides is 3. The van der Waals surface area contributed by atoms with Crippen molar-refractivity contribution in [2.24, 2.45) is 0 Å². The fourth-order valence-corrected chi connectivity index (χ4v) is 7.87. The molecule has 1 amide bonds. The van der Waals surface area contributed by atoms with E-state index >= 15 is 0 Å². The minimum atomic E-state index is -5.08. The molecule has 2 aliphatic heterocycles. The van der Waals surface area contributed by atoms with E-state index < -0.39 is 46.0 Å². The number of carbonyl (C=O) groups excluding carboxylic acids is 1. The minimum Gasteiger partial charge on any atom is -0.382 e. The molecule has 2 bridgehead atoms. The highest BCUT2D eigenvalue weighted by atomic mass is 32.2. The first kappa shape index (κ1) is 28.5. The molecule has 2 saturated heterocycles. The van der Waals surface area contributed by atoms with Crippen LogP contribution in [-0.2, 0) is 14.6 Å². The van der Waals surface area contributed by atoms with Crippen LogP contribution in [0.3, 0.4) is 0 Å². The lowest BCUT2D eigenvalue weighted by molar-refractivity contribution is -0.212. The number of pyridine rings is 1. The van der Waals surface area contributed by atoms with E-state index in [1.165, 1.54) is 22.0 Å². The largest absolute Gasteiger partial charge is 0.423 e. The molecule has 4 aromatic rings. The molecule has 4 atom stereocenters. The van der Waals surface area contributed by atoms with Gasteiger partial charge in [-0.25, -0.2) is 18.4 Å². The lowest BCUT2D eigenvalue weighted by atomic mass is 9.87. The number of aryl methyl sites for hydroxylation is 1. The van der Waals surface area contributed by atoms with Gasteiger partial charge in [0, 0.05) is 52.7 Å². The lowest BCUT2D eigenvalue weighted by Crippen LogP contribution is -2.53. The molecular weight excluding hydrogens is 595 g/mol. The van der Waals surface area contributed by atoms with Crippen LogP contribution in [0.1, 0.15) is 42.2 Å². The van der Waals surface area contributed by atoms with Crippen LogP contribution in [0, 0.1) is 6.92 Å². The summed E-state index contributed by atoms with van der Waals surface area (Å²) in [4.78, 5) is 28.2. The van der Waals surface area contributed by atoms with Crippen molar-refractivity contribution in [1.82, 2.24) is 29.5 Å². The van der Waals surface area contributed by atoms with E-state index in [0.717, 1.165) is 21.0 Å². The molecule has 222 valence electrons. The van der Waals surface area contributed by atoms with E-state index in [2.05, 4.69) is 15.1 Å². The number of piperidine rings is 1. The van der Waals surface area contributed by atoms with Crippen molar-refractivity contribution in [2.75, 3.05) is 12.0 Å². The number of aromatic nitrogens is 5. The highest BCUT2D eigenvalue weighted by Crippen LogP contribution is 2.46. The summed E-state index contributed by atoms with van der Waals surface area (Å²) in [7, 11) is -3.91. The Balaban J connectivity index is 1.39. The molecule has 6 rings (SSSR count). The number of anilines is 1. The van der Waals surface area contributed by atoms with Crippen molar-refractivity contribution in [2.45, 2.75) is 67.8 Å². The number of aliphatic hydroxyl groups is 1. The number of fused-ring (bicyclic) bond motifs is 3. The molecule has 2 fully saturated rings. The van der Waals surface area contributed by atoms with Crippen LogP contribution >= 0.6 is 11.3 Å². The van der Waals surface area contributed by atoms with Crippen molar-refractivity contribution < 1.29 is 31.5 Å². The van der Waals surface area contributed by atoms with Gasteiger partial charge in [0.05, 0.1) is 17.6 Å². The Morgan fingerprint density at radius 1 is 1.14 bits per heavy atom. The third-order valence-electron chi connectivity index (χ3n) is 7.87. The fraction of sp³-hybridized carbons (Fsp3) is 0.423. The SMILES string of the molecule is Cc1cnc(-c2ccc(-c3cnn4c(N)c(S(C)(=O)=O)c([C@@H]5C[C@H]6CC[C@@H](C5)N6C(=O)C(O)C(F)(F)F)nc34)cn2)s1. The molecule has 3 N–H and O–H groups in total. The maximum Gasteiger partial charge on any atom is 0.423 e. The van der Waals surface area contributed by atoms with Crippen LogP contribution in [0.25, 0.3) is 27.5 Å². The lowest BCUT2D eigenvalue weighted by Gasteiger charge is -2.40. The Bertz CT molecular complexity index is 1790. The monoisotopic (exact) mass is 621 g/mol. The van der Waals surface area contributed by atoms with Crippen molar-refractivity contribution in [3.8, 4) is 21.8 Å². The van der Waals surface area contributed by atoms with Gasteiger partial charge < -0.3 is 15.7 Å². The molecule has 0 spiro atoms. The molecule has 1 unspecified atom stereocenters. The summed E-state index contributed by atoms with van der Waals surface area (Å²) in [6, 6.07) is 2.42. The Morgan fingerprint density at radius 3 is 2.38 bits per heavy atom. The molecule has 0 aromatic carbocycles. The van der Waals surface area contributed by atoms with Crippen LogP contribution in [0.5, 0.6) is 0 Å². The highest BCUT2D eigenvalue weighted by Gasteiger charge is 2.52. The normalized spacial score (nSPS) is 21.7. The number of sulfone groups is 1. The molecule has 2 aliphatic rings. The Labute approximate surface area is 242 Å². The maximum absolute atomic E-state index is 13.1. The molecular formula is C26H26F3N7O4S2. The maximum atomic E-state index is 13.1. The van der Waals surface area contributed by atoms with E-state index in [4.69, 9.17) is 10.7 Å². The van der Waals surface area contributed by atoms with Crippen LogP contribution < -0.4 is 5.73 Å². The van der Waals surface area contributed by atoms with Gasteiger partial charge in [-0.3, -0.25) is 9.78 Å². The number of halogens is 3. The van der Waals surface area contributed by atoms with Gasteiger partial charge in [0.25, 0.3) is 5.91 Å². The Morgan fingerprint density at radius 2 is 1.83 bits per heavy atom. The van der Waals surface area contributed by atoms with E-state index in [-0.39, 0.29) is 29.2 Å². The zero-order valence-corrected chi connectivity index (χ0v) is 24.0. The second kappa shape index (κ2) is 9.98. The molecule has 0 radical (unpaired) electrons. The summed E-state index contributed by atoms with van der Waals surface area (Å²) in [6.45, 7) is 1.95. The number of aliphatic hydroxyl groups excluding tert-OH is 1. The first-order chi connectivity index (χ1) is 19.7. The second-order valence-electron chi connectivity index (χ2n) is 10.7. The topological polar surface area (TPSA) is 157 Å². The van der Waals surface area contributed by atoms with Crippen molar-refractivity contribution >= 4 is 38.5 Å². The van der Waals surface area contributed by atoms with Gasteiger partial charge in [0.1, 0.15) is 15.7 Å². The summed E-state index contributed by atoms with van der Waals surface area (Å²) >= 11 is 1.51. The van der Waals surface area contributed by atoms with Gasteiger partial charge in [0.2, 0.25) is 6.10 Å². The third kappa shape index (κ3) is 4.80. The molecule has 0 aliphatic carbocycles. The van der Waals surface area contributed by atoms with Gasteiger partial charge in [-0.2, -0.15) is 22.8 Å². The van der Waals surface area contributed by atoms with E-state index in [0.29, 0.717) is 35.3 Å². The summed E-state index contributed by atoms with van der Waals surface area (Å²) in [5.74, 6) is -2.03. The summed E-state index contributed by atoms with van der Waals surface area (Å²) in [5.41, 5.74) is 8.78. The van der Waals surface area contributed by atoms with Crippen LogP contribution in [0.2, 0.25) is 0 Å². The predicted octanol–water partition coefficient (Wildman–Crippen LogP) is 3.37. The molecule has 6 heterocycles. The number of hydrogen-bond acceptors (Lipinski definition) is 10.